The summed E-state index contributed by atoms with van der Waals surface area (Å²) in [6, 6.07) is 17.4. The van der Waals surface area contributed by atoms with Gasteiger partial charge < -0.3 is 4.40 Å². The van der Waals surface area contributed by atoms with E-state index in [9.17, 15) is 4.39 Å². The van der Waals surface area contributed by atoms with Crippen LogP contribution >= 0.6 is 0 Å². The van der Waals surface area contributed by atoms with Crippen molar-refractivity contribution in [1.29, 1.82) is 0 Å². The van der Waals surface area contributed by atoms with Gasteiger partial charge in [0.1, 0.15) is 11.5 Å². The van der Waals surface area contributed by atoms with Crippen molar-refractivity contribution >= 4 is 16.4 Å². The summed E-state index contributed by atoms with van der Waals surface area (Å²) < 4.78 is 15.0. The normalized spacial score (nSPS) is 11.2. The molecule has 0 saturated heterocycles. The van der Waals surface area contributed by atoms with Crippen LogP contribution in [0.2, 0.25) is 0 Å². The van der Waals surface area contributed by atoms with Crippen molar-refractivity contribution in [1.82, 2.24) is 9.38 Å². The molecule has 96 valence electrons. The number of halogens is 1. The van der Waals surface area contributed by atoms with Crippen molar-refractivity contribution in [2.45, 2.75) is 0 Å². The van der Waals surface area contributed by atoms with E-state index in [4.69, 9.17) is 0 Å². The molecule has 0 aliphatic heterocycles. The fourth-order valence-corrected chi connectivity index (χ4v) is 2.54. The number of nitrogens with zero attached hydrogens (tertiary/aromatic N) is 2. The summed E-state index contributed by atoms with van der Waals surface area (Å²) in [5.41, 5.74) is 2.66. The second-order valence-electron chi connectivity index (χ2n) is 4.77. The van der Waals surface area contributed by atoms with E-state index in [1.54, 1.807) is 10.5 Å². The molecule has 3 heteroatoms. The smallest absolute Gasteiger partial charge is 0.139 e. The number of fused-ring (bicyclic) bond motifs is 2. The SMILES string of the molecule is Fc1ccc2nc(-c3cccc4ccccc34)cn2c1. The number of hydrogen-bond donors (Lipinski definition) is 0. The summed E-state index contributed by atoms with van der Waals surface area (Å²) in [6.07, 6.45) is 3.30. The second kappa shape index (κ2) is 4.17. The second-order valence-corrected chi connectivity index (χ2v) is 4.77. The van der Waals surface area contributed by atoms with Gasteiger partial charge in [-0.25, -0.2) is 9.37 Å². The van der Waals surface area contributed by atoms with Gasteiger partial charge >= 0.3 is 0 Å². The van der Waals surface area contributed by atoms with E-state index in [1.165, 1.54) is 17.6 Å². The number of imidazole rings is 1. The van der Waals surface area contributed by atoms with E-state index < -0.39 is 0 Å². The number of benzene rings is 2. The lowest BCUT2D eigenvalue weighted by Gasteiger charge is -2.02. The van der Waals surface area contributed by atoms with E-state index in [-0.39, 0.29) is 5.82 Å². The summed E-state index contributed by atoms with van der Waals surface area (Å²) in [4.78, 5) is 4.57. The van der Waals surface area contributed by atoms with Gasteiger partial charge in [0.2, 0.25) is 0 Å². The Balaban J connectivity index is 2.01. The van der Waals surface area contributed by atoms with E-state index >= 15 is 0 Å². The molecule has 4 rings (SSSR count). The lowest BCUT2D eigenvalue weighted by atomic mass is 10.0. The Labute approximate surface area is 115 Å². The zero-order valence-corrected chi connectivity index (χ0v) is 10.6. The maximum absolute atomic E-state index is 13.3. The lowest BCUT2D eigenvalue weighted by molar-refractivity contribution is 0.619. The molecule has 4 aromatic rings. The van der Waals surface area contributed by atoms with Gasteiger partial charge in [-0.3, -0.25) is 0 Å². The van der Waals surface area contributed by atoms with Crippen LogP contribution in [0.5, 0.6) is 0 Å². The highest BCUT2D eigenvalue weighted by Crippen LogP contribution is 2.28. The average molecular weight is 262 g/mol. The first-order valence-corrected chi connectivity index (χ1v) is 6.44. The van der Waals surface area contributed by atoms with Crippen LogP contribution in [0.25, 0.3) is 27.7 Å². The molecule has 0 aliphatic rings. The molecular formula is C17H11FN2. The van der Waals surface area contributed by atoms with E-state index in [1.807, 2.05) is 30.5 Å². The quantitative estimate of drug-likeness (QED) is 0.500. The number of pyridine rings is 1. The van der Waals surface area contributed by atoms with E-state index in [0.29, 0.717) is 0 Å². The van der Waals surface area contributed by atoms with Crippen molar-refractivity contribution in [3.8, 4) is 11.3 Å². The van der Waals surface area contributed by atoms with Crippen LogP contribution in [-0.2, 0) is 0 Å². The van der Waals surface area contributed by atoms with Crippen molar-refractivity contribution in [2.75, 3.05) is 0 Å². The van der Waals surface area contributed by atoms with Crippen LogP contribution < -0.4 is 0 Å². The third-order valence-electron chi connectivity index (χ3n) is 3.48. The fraction of sp³-hybridized carbons (Fsp3) is 0. The summed E-state index contributed by atoms with van der Waals surface area (Å²) in [7, 11) is 0. The van der Waals surface area contributed by atoms with Gasteiger partial charge in [-0.1, -0.05) is 42.5 Å². The van der Waals surface area contributed by atoms with Gasteiger partial charge in [0.25, 0.3) is 0 Å². The summed E-state index contributed by atoms with van der Waals surface area (Å²) in [5, 5.41) is 2.33. The Bertz CT molecular complexity index is 919. The van der Waals surface area contributed by atoms with Crippen LogP contribution in [0.15, 0.2) is 67.0 Å². The van der Waals surface area contributed by atoms with Gasteiger partial charge in [-0.05, 0) is 22.9 Å². The van der Waals surface area contributed by atoms with Crippen LogP contribution in [0.1, 0.15) is 0 Å². The molecule has 2 nitrogen and oxygen atoms in total. The van der Waals surface area contributed by atoms with Gasteiger partial charge in [-0.15, -0.1) is 0 Å². The van der Waals surface area contributed by atoms with E-state index in [0.717, 1.165) is 22.3 Å². The highest BCUT2D eigenvalue weighted by atomic mass is 19.1. The molecule has 2 aromatic heterocycles. The molecule has 0 radical (unpaired) electrons. The highest BCUT2D eigenvalue weighted by Gasteiger charge is 2.08. The molecule has 0 fully saturated rings. The Hall–Kier alpha value is -2.68. The first-order valence-electron chi connectivity index (χ1n) is 6.44. The Kier molecular flexibility index (Phi) is 2.33. The molecule has 20 heavy (non-hydrogen) atoms. The monoisotopic (exact) mass is 262 g/mol. The average Bonchev–Trinajstić information content (AvgIpc) is 2.89. The molecule has 2 aromatic carbocycles. The molecule has 0 N–H and O–H groups in total. The first-order chi connectivity index (χ1) is 9.81. The minimum Gasteiger partial charge on any atom is -0.304 e. The minimum atomic E-state index is -0.264. The topological polar surface area (TPSA) is 17.3 Å². The number of aromatic nitrogens is 2. The molecule has 0 amide bonds. The third kappa shape index (κ3) is 1.67. The Morgan fingerprint density at radius 2 is 1.70 bits per heavy atom. The Morgan fingerprint density at radius 1 is 0.850 bits per heavy atom. The molecule has 0 saturated carbocycles. The largest absolute Gasteiger partial charge is 0.304 e. The molecule has 0 unspecified atom stereocenters. The van der Waals surface area contributed by atoms with Crippen LogP contribution in [0.4, 0.5) is 4.39 Å². The standard InChI is InChI=1S/C17H11FN2/c18-13-8-9-17-19-16(11-20(17)10-13)15-7-3-5-12-4-1-2-6-14(12)15/h1-11H. The first kappa shape index (κ1) is 11.2. The maximum atomic E-state index is 13.3. The third-order valence-corrected chi connectivity index (χ3v) is 3.48. The number of rotatable bonds is 1. The number of hydrogen-bond acceptors (Lipinski definition) is 1. The van der Waals surface area contributed by atoms with Gasteiger partial charge in [0.05, 0.1) is 5.69 Å². The highest BCUT2D eigenvalue weighted by molar-refractivity contribution is 5.95. The van der Waals surface area contributed by atoms with Gasteiger partial charge in [-0.2, -0.15) is 0 Å². The summed E-state index contributed by atoms with van der Waals surface area (Å²) in [6.45, 7) is 0. The predicted molar refractivity (Wildman–Crippen MR) is 78.1 cm³/mol. The van der Waals surface area contributed by atoms with Crippen LogP contribution in [0.3, 0.4) is 0 Å². The van der Waals surface area contributed by atoms with Gasteiger partial charge in [0.15, 0.2) is 0 Å². The van der Waals surface area contributed by atoms with Crippen molar-refractivity contribution in [3.05, 3.63) is 72.8 Å². The van der Waals surface area contributed by atoms with Crippen molar-refractivity contribution < 1.29 is 4.39 Å². The lowest BCUT2D eigenvalue weighted by Crippen LogP contribution is -1.83. The van der Waals surface area contributed by atoms with Crippen molar-refractivity contribution in [2.24, 2.45) is 0 Å². The Morgan fingerprint density at radius 3 is 2.65 bits per heavy atom. The molecule has 0 atom stereocenters. The summed E-state index contributed by atoms with van der Waals surface area (Å²) in [5.74, 6) is -0.264. The maximum Gasteiger partial charge on any atom is 0.139 e. The summed E-state index contributed by atoms with van der Waals surface area (Å²) >= 11 is 0. The zero-order chi connectivity index (χ0) is 13.5. The zero-order valence-electron chi connectivity index (χ0n) is 10.6. The molecule has 0 spiro atoms. The van der Waals surface area contributed by atoms with Gasteiger partial charge in [0, 0.05) is 18.0 Å². The van der Waals surface area contributed by atoms with E-state index in [2.05, 4.69) is 23.2 Å². The van der Waals surface area contributed by atoms with Crippen LogP contribution in [0, 0.1) is 5.82 Å². The molecule has 2 heterocycles. The predicted octanol–water partition coefficient (Wildman–Crippen LogP) is 4.29. The molecule has 0 aliphatic carbocycles. The fourth-order valence-electron chi connectivity index (χ4n) is 2.54. The molecule has 0 bridgehead atoms. The van der Waals surface area contributed by atoms with Crippen molar-refractivity contribution in [3.63, 3.8) is 0 Å². The molecular weight excluding hydrogens is 251 g/mol. The van der Waals surface area contributed by atoms with Crippen LogP contribution in [-0.4, -0.2) is 9.38 Å². The minimum absolute atomic E-state index is 0.264.